The van der Waals surface area contributed by atoms with Gasteiger partial charge in [-0.15, -0.1) is 0 Å². The van der Waals surface area contributed by atoms with Crippen molar-refractivity contribution in [2.75, 3.05) is 13.2 Å². The second kappa shape index (κ2) is 6.10. The van der Waals surface area contributed by atoms with Crippen molar-refractivity contribution in [2.45, 2.75) is 64.2 Å². The van der Waals surface area contributed by atoms with Gasteiger partial charge < -0.3 is 19.9 Å². The predicted octanol–water partition coefficient (Wildman–Crippen LogP) is 3.46. The highest BCUT2D eigenvalue weighted by molar-refractivity contribution is 6.24. The lowest BCUT2D eigenvalue weighted by molar-refractivity contribution is -0.299. The first-order valence-corrected chi connectivity index (χ1v) is 9.48. The number of nitrogens with one attached hydrogen (secondary N) is 1. The summed E-state index contributed by atoms with van der Waals surface area (Å²) in [6.07, 6.45) is 5.15. The molecule has 1 amide bonds. The van der Waals surface area contributed by atoms with Gasteiger partial charge in [-0.25, -0.2) is 0 Å². The monoisotopic (exact) mass is 357 g/mol. The Labute approximate surface area is 154 Å². The van der Waals surface area contributed by atoms with Gasteiger partial charge in [0.2, 0.25) is 0 Å². The summed E-state index contributed by atoms with van der Waals surface area (Å²) in [6.45, 7) is 6.47. The Morgan fingerprint density at radius 1 is 1.00 bits per heavy atom. The molecule has 2 heterocycles. The number of carbonyl (C=O) groups is 1. The highest BCUT2D eigenvalue weighted by Crippen LogP contribution is 2.42. The molecule has 5 heteroatoms. The van der Waals surface area contributed by atoms with Crippen LogP contribution in [0.3, 0.4) is 0 Å². The summed E-state index contributed by atoms with van der Waals surface area (Å²) in [7, 11) is 0. The molecule has 3 aliphatic rings. The maximum absolute atomic E-state index is 12.8. The maximum Gasteiger partial charge on any atom is 0.256 e. The number of amides is 1. The molecule has 140 valence electrons. The molecule has 1 saturated carbocycles. The molecule has 5 nitrogen and oxygen atoms in total. The van der Waals surface area contributed by atoms with Gasteiger partial charge in [0.05, 0.1) is 18.8 Å². The summed E-state index contributed by atoms with van der Waals surface area (Å²) >= 11 is 0. The first-order chi connectivity index (χ1) is 12.4. The molecule has 2 aliphatic heterocycles. The molecule has 0 radical (unpaired) electrons. The lowest BCUT2D eigenvalue weighted by atomic mass is 9.89. The number of aliphatic hydroxyl groups is 1. The number of ether oxygens (including phenoxy) is 2. The highest BCUT2D eigenvalue weighted by Gasteiger charge is 2.53. The van der Waals surface area contributed by atoms with E-state index in [0.717, 1.165) is 47.9 Å². The molecule has 1 saturated heterocycles. The van der Waals surface area contributed by atoms with E-state index in [1.165, 1.54) is 6.42 Å². The number of rotatable bonds is 1. The standard InChI is InChI=1S/C21H27NO4/c1-13-9-14(2)16(15(3)10-13)17-18(23)20(22-19(17)24)11-25-21(26-12-20)7-5-4-6-8-21/h9-10,23H,4-8,11-12H2,1-3H3,(H,22,24). The predicted molar refractivity (Wildman–Crippen MR) is 98.8 cm³/mol. The normalized spacial score (nSPS) is 24.3. The Balaban J connectivity index is 1.68. The van der Waals surface area contributed by atoms with Gasteiger partial charge in [-0.05, 0) is 50.3 Å². The Hall–Kier alpha value is -1.85. The van der Waals surface area contributed by atoms with E-state index in [4.69, 9.17) is 9.47 Å². The van der Waals surface area contributed by atoms with Gasteiger partial charge in [0, 0.05) is 12.8 Å². The van der Waals surface area contributed by atoms with Crippen molar-refractivity contribution in [3.8, 4) is 0 Å². The lowest BCUT2D eigenvalue weighted by Crippen LogP contribution is -2.60. The summed E-state index contributed by atoms with van der Waals surface area (Å²) in [5, 5.41) is 14.0. The molecular formula is C21H27NO4. The number of hydrogen-bond acceptors (Lipinski definition) is 4. The molecule has 1 aromatic carbocycles. The fourth-order valence-electron chi connectivity index (χ4n) is 4.67. The Bertz CT molecular complexity index is 756. The number of carbonyl (C=O) groups excluding carboxylic acids is 1. The number of benzene rings is 1. The van der Waals surface area contributed by atoms with Crippen LogP contribution in [0.1, 0.15) is 54.4 Å². The van der Waals surface area contributed by atoms with E-state index in [1.807, 2.05) is 32.9 Å². The molecule has 2 fully saturated rings. The molecular weight excluding hydrogens is 330 g/mol. The largest absolute Gasteiger partial charge is 0.509 e. The second-order valence-electron chi connectivity index (χ2n) is 8.08. The van der Waals surface area contributed by atoms with Crippen molar-refractivity contribution in [1.82, 2.24) is 5.32 Å². The van der Waals surface area contributed by atoms with E-state index in [-0.39, 0.29) is 24.9 Å². The fourth-order valence-corrected chi connectivity index (χ4v) is 4.67. The summed E-state index contributed by atoms with van der Waals surface area (Å²) in [4.78, 5) is 12.8. The molecule has 1 aromatic rings. The number of hydrogen-bond donors (Lipinski definition) is 2. The van der Waals surface area contributed by atoms with E-state index in [9.17, 15) is 9.90 Å². The van der Waals surface area contributed by atoms with Gasteiger partial charge in [0.15, 0.2) is 5.79 Å². The van der Waals surface area contributed by atoms with Crippen molar-refractivity contribution >= 4 is 11.5 Å². The molecule has 26 heavy (non-hydrogen) atoms. The second-order valence-corrected chi connectivity index (χ2v) is 8.08. The zero-order chi connectivity index (χ0) is 18.5. The molecule has 2 N–H and O–H groups in total. The average molecular weight is 357 g/mol. The van der Waals surface area contributed by atoms with Crippen molar-refractivity contribution in [2.24, 2.45) is 0 Å². The molecule has 4 rings (SSSR count). The van der Waals surface area contributed by atoms with Crippen molar-refractivity contribution < 1.29 is 19.4 Å². The molecule has 0 aromatic heterocycles. The van der Waals surface area contributed by atoms with Crippen LogP contribution in [0.25, 0.3) is 5.57 Å². The van der Waals surface area contributed by atoms with Crippen molar-refractivity contribution in [1.29, 1.82) is 0 Å². The smallest absolute Gasteiger partial charge is 0.256 e. The van der Waals surface area contributed by atoms with Crippen LogP contribution in [0, 0.1) is 20.8 Å². The summed E-state index contributed by atoms with van der Waals surface area (Å²) in [6, 6.07) is 4.07. The minimum absolute atomic E-state index is 0.0446. The fraction of sp³-hybridized carbons (Fsp3) is 0.571. The molecule has 0 atom stereocenters. The van der Waals surface area contributed by atoms with Gasteiger partial charge in [0.1, 0.15) is 11.3 Å². The van der Waals surface area contributed by atoms with Crippen LogP contribution in [0.5, 0.6) is 0 Å². The topological polar surface area (TPSA) is 67.8 Å². The third-order valence-electron chi connectivity index (χ3n) is 5.98. The van der Waals surface area contributed by atoms with Gasteiger partial charge in [-0.2, -0.15) is 0 Å². The van der Waals surface area contributed by atoms with Crippen LogP contribution in [-0.2, 0) is 14.3 Å². The summed E-state index contributed by atoms with van der Waals surface area (Å²) in [5.74, 6) is -0.750. The zero-order valence-corrected chi connectivity index (χ0v) is 15.8. The third-order valence-corrected chi connectivity index (χ3v) is 5.98. The van der Waals surface area contributed by atoms with Crippen molar-refractivity contribution in [3.05, 3.63) is 40.1 Å². The Morgan fingerprint density at radius 2 is 1.58 bits per heavy atom. The van der Waals surface area contributed by atoms with Crippen LogP contribution in [0.15, 0.2) is 17.9 Å². The SMILES string of the molecule is Cc1cc(C)c(C2=C(O)C3(COC4(CCCCC4)OC3)NC2=O)c(C)c1. The summed E-state index contributed by atoms with van der Waals surface area (Å²) in [5.41, 5.74) is 3.29. The van der Waals surface area contributed by atoms with Gasteiger partial charge in [-0.1, -0.05) is 24.1 Å². The maximum atomic E-state index is 12.8. The van der Waals surface area contributed by atoms with E-state index in [2.05, 4.69) is 5.32 Å². The molecule has 1 aliphatic carbocycles. The van der Waals surface area contributed by atoms with E-state index < -0.39 is 11.3 Å². The van der Waals surface area contributed by atoms with Gasteiger partial charge >= 0.3 is 0 Å². The van der Waals surface area contributed by atoms with Crippen LogP contribution < -0.4 is 5.32 Å². The number of aliphatic hydroxyl groups excluding tert-OH is 1. The quantitative estimate of drug-likeness (QED) is 0.808. The zero-order valence-electron chi connectivity index (χ0n) is 15.8. The lowest BCUT2D eigenvalue weighted by Gasteiger charge is -2.46. The van der Waals surface area contributed by atoms with Crippen LogP contribution in [0.4, 0.5) is 0 Å². The third kappa shape index (κ3) is 2.65. The minimum Gasteiger partial charge on any atom is -0.509 e. The average Bonchev–Trinajstić information content (AvgIpc) is 2.83. The molecule has 2 spiro atoms. The van der Waals surface area contributed by atoms with Crippen LogP contribution >= 0.6 is 0 Å². The van der Waals surface area contributed by atoms with Crippen LogP contribution in [0.2, 0.25) is 0 Å². The minimum atomic E-state index is -0.973. The first-order valence-electron chi connectivity index (χ1n) is 9.48. The Morgan fingerprint density at radius 3 is 2.15 bits per heavy atom. The van der Waals surface area contributed by atoms with Crippen LogP contribution in [-0.4, -0.2) is 35.6 Å². The first kappa shape index (κ1) is 17.6. The highest BCUT2D eigenvalue weighted by atomic mass is 16.7. The van der Waals surface area contributed by atoms with E-state index in [0.29, 0.717) is 5.57 Å². The number of aryl methyl sites for hydroxylation is 3. The molecule has 0 bridgehead atoms. The van der Waals surface area contributed by atoms with E-state index in [1.54, 1.807) is 0 Å². The van der Waals surface area contributed by atoms with Gasteiger partial charge in [0.25, 0.3) is 5.91 Å². The van der Waals surface area contributed by atoms with Crippen molar-refractivity contribution in [3.63, 3.8) is 0 Å². The van der Waals surface area contributed by atoms with Gasteiger partial charge in [-0.3, -0.25) is 4.79 Å². The Kier molecular flexibility index (Phi) is 4.12. The molecule has 0 unspecified atom stereocenters. The summed E-state index contributed by atoms with van der Waals surface area (Å²) < 4.78 is 12.2. The van der Waals surface area contributed by atoms with E-state index >= 15 is 0 Å².